The Hall–Kier alpha value is -1.55. The van der Waals surface area contributed by atoms with Crippen molar-refractivity contribution in [2.45, 2.75) is 39.5 Å². The first-order valence-electron chi connectivity index (χ1n) is 8.47. The van der Waals surface area contributed by atoms with Gasteiger partial charge in [0.25, 0.3) is 0 Å². The lowest BCUT2D eigenvalue weighted by molar-refractivity contribution is -0.131. The van der Waals surface area contributed by atoms with E-state index in [2.05, 4.69) is 24.4 Å². The number of rotatable bonds is 7. The zero-order chi connectivity index (χ0) is 15.8. The maximum absolute atomic E-state index is 12.2. The first-order chi connectivity index (χ1) is 10.7. The normalized spacial score (nSPS) is 14.9. The molecule has 0 unspecified atom stereocenters. The summed E-state index contributed by atoms with van der Waals surface area (Å²) in [6.07, 6.45) is 3.54. The van der Waals surface area contributed by atoms with Crippen LogP contribution in [0.15, 0.2) is 18.2 Å². The van der Waals surface area contributed by atoms with Crippen LogP contribution in [0.2, 0.25) is 0 Å². The zero-order valence-electron chi connectivity index (χ0n) is 13.9. The van der Waals surface area contributed by atoms with E-state index in [0.717, 1.165) is 51.2 Å². The molecule has 1 aromatic carbocycles. The van der Waals surface area contributed by atoms with Gasteiger partial charge in [-0.2, -0.15) is 0 Å². The van der Waals surface area contributed by atoms with Gasteiger partial charge in [0.2, 0.25) is 5.91 Å². The lowest BCUT2D eigenvalue weighted by Crippen LogP contribution is -2.46. The third kappa shape index (κ3) is 4.73. The molecule has 1 aliphatic heterocycles. The Kier molecular flexibility index (Phi) is 6.72. The number of carbonyl (C=O) groups is 1. The van der Waals surface area contributed by atoms with Crippen LogP contribution in [0.3, 0.4) is 0 Å². The summed E-state index contributed by atoms with van der Waals surface area (Å²) in [5, 5.41) is 3.28. The van der Waals surface area contributed by atoms with Crippen LogP contribution < -0.4 is 10.1 Å². The molecule has 1 aromatic rings. The number of nitrogens with one attached hydrogen (secondary N) is 1. The van der Waals surface area contributed by atoms with Gasteiger partial charge in [0.05, 0.1) is 6.61 Å². The molecular formula is C18H28N2O2. The smallest absolute Gasteiger partial charge is 0.222 e. The van der Waals surface area contributed by atoms with Crippen molar-refractivity contribution in [3.8, 4) is 5.75 Å². The molecular weight excluding hydrogens is 276 g/mol. The van der Waals surface area contributed by atoms with E-state index in [-0.39, 0.29) is 0 Å². The number of ether oxygens (including phenoxy) is 1. The predicted molar refractivity (Wildman–Crippen MR) is 89.4 cm³/mol. The summed E-state index contributed by atoms with van der Waals surface area (Å²) in [6, 6.07) is 6.33. The second kappa shape index (κ2) is 8.79. The topological polar surface area (TPSA) is 41.6 Å². The van der Waals surface area contributed by atoms with Crippen molar-refractivity contribution in [3.63, 3.8) is 0 Å². The fourth-order valence-corrected chi connectivity index (χ4v) is 2.93. The van der Waals surface area contributed by atoms with Crippen LogP contribution in [0.4, 0.5) is 0 Å². The van der Waals surface area contributed by atoms with Crippen LogP contribution in [0, 0.1) is 0 Å². The van der Waals surface area contributed by atoms with E-state index in [1.54, 1.807) is 0 Å². The molecule has 0 saturated carbocycles. The Morgan fingerprint density at radius 3 is 2.68 bits per heavy atom. The molecule has 1 amide bonds. The Balaban J connectivity index is 1.84. The molecule has 4 heteroatoms. The molecule has 1 N–H and O–H groups in total. The van der Waals surface area contributed by atoms with E-state index < -0.39 is 0 Å². The monoisotopic (exact) mass is 304 g/mol. The van der Waals surface area contributed by atoms with E-state index in [9.17, 15) is 4.79 Å². The van der Waals surface area contributed by atoms with Crippen molar-refractivity contribution < 1.29 is 9.53 Å². The van der Waals surface area contributed by atoms with Crippen molar-refractivity contribution >= 4 is 5.91 Å². The highest BCUT2D eigenvalue weighted by molar-refractivity contribution is 5.76. The van der Waals surface area contributed by atoms with Gasteiger partial charge in [-0.25, -0.2) is 0 Å². The molecule has 1 aliphatic rings. The number of benzene rings is 1. The first kappa shape index (κ1) is 16.8. The minimum absolute atomic E-state index is 0.297. The molecule has 4 nitrogen and oxygen atoms in total. The SMILES string of the molecule is CCOc1ccc(CCCC(=O)N2CCNCC2)c(CC)c1. The summed E-state index contributed by atoms with van der Waals surface area (Å²) in [7, 11) is 0. The summed E-state index contributed by atoms with van der Waals surface area (Å²) in [6.45, 7) is 8.41. The van der Waals surface area contributed by atoms with Crippen LogP contribution in [0.1, 0.15) is 37.8 Å². The van der Waals surface area contributed by atoms with Crippen LogP contribution in [0.25, 0.3) is 0 Å². The van der Waals surface area contributed by atoms with Gasteiger partial charge in [-0.15, -0.1) is 0 Å². The lowest BCUT2D eigenvalue weighted by Gasteiger charge is -2.27. The van der Waals surface area contributed by atoms with Crippen molar-refractivity contribution in [1.82, 2.24) is 10.2 Å². The highest BCUT2D eigenvalue weighted by Crippen LogP contribution is 2.20. The number of hydrogen-bond donors (Lipinski definition) is 1. The van der Waals surface area contributed by atoms with Gasteiger partial charge in [0, 0.05) is 32.6 Å². The number of carbonyl (C=O) groups excluding carboxylic acids is 1. The summed E-state index contributed by atoms with van der Waals surface area (Å²) in [4.78, 5) is 14.1. The van der Waals surface area contributed by atoms with Crippen LogP contribution in [-0.4, -0.2) is 43.6 Å². The van der Waals surface area contributed by atoms with Gasteiger partial charge in [-0.1, -0.05) is 13.0 Å². The minimum atomic E-state index is 0.297. The van der Waals surface area contributed by atoms with E-state index in [1.807, 2.05) is 17.9 Å². The minimum Gasteiger partial charge on any atom is -0.494 e. The number of amides is 1. The molecule has 1 heterocycles. The molecule has 1 saturated heterocycles. The Bertz CT molecular complexity index is 482. The quantitative estimate of drug-likeness (QED) is 0.841. The molecule has 122 valence electrons. The fraction of sp³-hybridized carbons (Fsp3) is 0.611. The standard InChI is InChI=1S/C18H28N2O2/c1-3-15-14-17(22-4-2)9-8-16(15)6-5-7-18(21)20-12-10-19-11-13-20/h8-9,14,19H,3-7,10-13H2,1-2H3. The van der Waals surface area contributed by atoms with Gasteiger partial charge in [0.1, 0.15) is 5.75 Å². The third-order valence-electron chi connectivity index (χ3n) is 4.18. The number of piperazine rings is 1. The largest absolute Gasteiger partial charge is 0.494 e. The molecule has 0 atom stereocenters. The maximum atomic E-state index is 12.2. The van der Waals surface area contributed by atoms with Crippen LogP contribution in [0.5, 0.6) is 5.75 Å². The number of hydrogen-bond acceptors (Lipinski definition) is 3. The van der Waals surface area contributed by atoms with E-state index in [1.165, 1.54) is 11.1 Å². The number of nitrogens with zero attached hydrogens (tertiary/aromatic N) is 1. The van der Waals surface area contributed by atoms with Gasteiger partial charge in [-0.3, -0.25) is 4.79 Å². The molecule has 0 radical (unpaired) electrons. The summed E-state index contributed by atoms with van der Waals surface area (Å²) >= 11 is 0. The predicted octanol–water partition coefficient (Wildman–Crippen LogP) is 2.40. The fourth-order valence-electron chi connectivity index (χ4n) is 2.93. The van der Waals surface area contributed by atoms with E-state index >= 15 is 0 Å². The highest BCUT2D eigenvalue weighted by atomic mass is 16.5. The second-order valence-electron chi connectivity index (χ2n) is 5.70. The molecule has 22 heavy (non-hydrogen) atoms. The van der Waals surface area contributed by atoms with Gasteiger partial charge >= 0.3 is 0 Å². The van der Waals surface area contributed by atoms with Crippen molar-refractivity contribution in [3.05, 3.63) is 29.3 Å². The molecule has 0 spiro atoms. The number of aryl methyl sites for hydroxylation is 2. The summed E-state index contributed by atoms with van der Waals surface area (Å²) in [5.41, 5.74) is 2.68. The molecule has 0 aliphatic carbocycles. The van der Waals surface area contributed by atoms with Gasteiger partial charge in [0.15, 0.2) is 0 Å². The van der Waals surface area contributed by atoms with E-state index in [0.29, 0.717) is 18.9 Å². The molecule has 1 fully saturated rings. The Morgan fingerprint density at radius 1 is 1.23 bits per heavy atom. The molecule has 0 bridgehead atoms. The lowest BCUT2D eigenvalue weighted by atomic mass is 9.99. The van der Waals surface area contributed by atoms with Crippen molar-refractivity contribution in [2.75, 3.05) is 32.8 Å². The highest BCUT2D eigenvalue weighted by Gasteiger charge is 2.15. The van der Waals surface area contributed by atoms with Gasteiger partial charge < -0.3 is 15.0 Å². The van der Waals surface area contributed by atoms with Gasteiger partial charge in [-0.05, 0) is 49.4 Å². The Morgan fingerprint density at radius 2 is 2.00 bits per heavy atom. The van der Waals surface area contributed by atoms with E-state index in [4.69, 9.17) is 4.74 Å². The van der Waals surface area contributed by atoms with Crippen LogP contribution >= 0.6 is 0 Å². The molecule has 0 aromatic heterocycles. The van der Waals surface area contributed by atoms with Crippen molar-refractivity contribution in [1.29, 1.82) is 0 Å². The van der Waals surface area contributed by atoms with Crippen LogP contribution in [-0.2, 0) is 17.6 Å². The summed E-state index contributed by atoms with van der Waals surface area (Å²) < 4.78 is 5.56. The first-order valence-corrected chi connectivity index (χ1v) is 8.47. The molecule has 2 rings (SSSR count). The average molecular weight is 304 g/mol. The van der Waals surface area contributed by atoms with Crippen molar-refractivity contribution in [2.24, 2.45) is 0 Å². The summed E-state index contributed by atoms with van der Waals surface area (Å²) in [5.74, 6) is 1.24. The third-order valence-corrected chi connectivity index (χ3v) is 4.18. The average Bonchev–Trinajstić information content (AvgIpc) is 2.57. The Labute approximate surface area is 133 Å². The zero-order valence-corrected chi connectivity index (χ0v) is 13.9. The maximum Gasteiger partial charge on any atom is 0.222 e. The second-order valence-corrected chi connectivity index (χ2v) is 5.70.